The third-order valence-corrected chi connectivity index (χ3v) is 8.56. The molecular formula is C28H38N8O3. The number of benzene rings is 1. The number of H-pyrrole nitrogens is 1. The molecule has 0 spiro atoms. The smallest absolute Gasteiger partial charge is 0.167 e. The van der Waals surface area contributed by atoms with E-state index >= 15 is 0 Å². The van der Waals surface area contributed by atoms with Gasteiger partial charge in [0.15, 0.2) is 17.7 Å². The Bertz CT molecular complexity index is 1450. The number of hydrogen-bond donors (Lipinski definition) is 4. The minimum atomic E-state index is -1.10. The molecule has 1 saturated carbocycles. The van der Waals surface area contributed by atoms with Crippen LogP contribution < -0.4 is 5.73 Å². The lowest BCUT2D eigenvalue weighted by atomic mass is 9.76. The summed E-state index contributed by atoms with van der Waals surface area (Å²) in [5.74, 6) is 2.47. The highest BCUT2D eigenvalue weighted by molar-refractivity contribution is 5.81. The molecule has 4 heterocycles. The van der Waals surface area contributed by atoms with Gasteiger partial charge in [-0.15, -0.1) is 0 Å². The topological polar surface area (TPSA) is 151 Å². The van der Waals surface area contributed by atoms with Crippen LogP contribution >= 0.6 is 0 Å². The normalized spacial score (nSPS) is 27.3. The minimum absolute atomic E-state index is 0.264. The summed E-state index contributed by atoms with van der Waals surface area (Å²) in [6, 6.07) is 6.94. The average molecular weight is 535 g/mol. The van der Waals surface area contributed by atoms with Crippen LogP contribution in [-0.4, -0.2) is 82.0 Å². The van der Waals surface area contributed by atoms with Crippen LogP contribution in [0.25, 0.3) is 22.2 Å². The van der Waals surface area contributed by atoms with Gasteiger partial charge in [0.25, 0.3) is 0 Å². The van der Waals surface area contributed by atoms with Gasteiger partial charge in [0.05, 0.1) is 17.4 Å². The quantitative estimate of drug-likeness (QED) is 0.254. The largest absolute Gasteiger partial charge is 0.387 e. The first kappa shape index (κ1) is 26.1. The lowest BCUT2D eigenvalue weighted by Crippen LogP contribution is -2.49. The van der Waals surface area contributed by atoms with Crippen molar-refractivity contribution in [1.82, 2.24) is 34.4 Å². The SMILES string of the molecule is CCN(CC1OC(n2cnc3c(N)ncnc32)C(O)C1O)C1CC(CCc2nc3ccc(C(C)C)cc3[nH]2)C1. The van der Waals surface area contributed by atoms with Crippen LogP contribution in [0.2, 0.25) is 0 Å². The van der Waals surface area contributed by atoms with E-state index < -0.39 is 24.5 Å². The number of hydrogen-bond acceptors (Lipinski definition) is 9. The lowest BCUT2D eigenvalue weighted by Gasteiger charge is -2.43. The maximum absolute atomic E-state index is 10.8. The predicted molar refractivity (Wildman–Crippen MR) is 148 cm³/mol. The van der Waals surface area contributed by atoms with Crippen molar-refractivity contribution >= 4 is 28.0 Å². The van der Waals surface area contributed by atoms with E-state index in [-0.39, 0.29) is 5.82 Å². The molecule has 11 heteroatoms. The number of anilines is 1. The van der Waals surface area contributed by atoms with E-state index in [1.54, 1.807) is 4.57 Å². The summed E-state index contributed by atoms with van der Waals surface area (Å²) in [5.41, 5.74) is 10.3. The monoisotopic (exact) mass is 534 g/mol. The Hall–Kier alpha value is -3.12. The zero-order valence-electron chi connectivity index (χ0n) is 22.7. The number of likely N-dealkylation sites (N-methyl/N-ethyl adjacent to an activating group) is 1. The number of nitrogen functional groups attached to an aromatic ring is 1. The maximum atomic E-state index is 10.8. The summed E-state index contributed by atoms with van der Waals surface area (Å²) in [4.78, 5) is 23.2. The van der Waals surface area contributed by atoms with Crippen molar-refractivity contribution in [2.45, 2.75) is 83.0 Å². The van der Waals surface area contributed by atoms with E-state index in [0.29, 0.717) is 35.6 Å². The summed E-state index contributed by atoms with van der Waals surface area (Å²) < 4.78 is 7.80. The van der Waals surface area contributed by atoms with E-state index in [4.69, 9.17) is 15.5 Å². The summed E-state index contributed by atoms with van der Waals surface area (Å²) in [5, 5.41) is 21.6. The molecule has 4 unspecified atom stereocenters. The highest BCUT2D eigenvalue weighted by atomic mass is 16.6. The number of aryl methyl sites for hydroxylation is 1. The number of nitrogens with two attached hydrogens (primary N) is 1. The Morgan fingerprint density at radius 3 is 2.77 bits per heavy atom. The fraction of sp³-hybridized carbons (Fsp3) is 0.571. The number of ether oxygens (including phenoxy) is 1. The molecule has 0 amide bonds. The van der Waals surface area contributed by atoms with Crippen LogP contribution in [0.3, 0.4) is 0 Å². The molecule has 6 rings (SSSR count). The third kappa shape index (κ3) is 4.88. The minimum Gasteiger partial charge on any atom is -0.387 e. The molecule has 1 aromatic carbocycles. The Kier molecular flexibility index (Phi) is 7.00. The van der Waals surface area contributed by atoms with Gasteiger partial charge in [-0.2, -0.15) is 0 Å². The van der Waals surface area contributed by atoms with Gasteiger partial charge in [0.1, 0.15) is 36.0 Å². The third-order valence-electron chi connectivity index (χ3n) is 8.56. The van der Waals surface area contributed by atoms with Crippen molar-refractivity contribution in [3.05, 3.63) is 42.2 Å². The van der Waals surface area contributed by atoms with E-state index in [0.717, 1.165) is 49.1 Å². The van der Waals surface area contributed by atoms with E-state index in [1.807, 2.05) is 0 Å². The Morgan fingerprint density at radius 1 is 1.18 bits per heavy atom. The average Bonchev–Trinajstić information content (AvgIpc) is 3.58. The van der Waals surface area contributed by atoms with E-state index in [1.165, 1.54) is 18.2 Å². The fourth-order valence-electron chi connectivity index (χ4n) is 6.07. The second-order valence-corrected chi connectivity index (χ2v) is 11.4. The molecule has 0 bridgehead atoms. The number of aromatic amines is 1. The first-order chi connectivity index (χ1) is 18.8. The van der Waals surface area contributed by atoms with Crippen LogP contribution in [0.15, 0.2) is 30.9 Å². The summed E-state index contributed by atoms with van der Waals surface area (Å²) in [6.07, 6.45) is 3.73. The van der Waals surface area contributed by atoms with Crippen LogP contribution in [0, 0.1) is 5.92 Å². The number of fused-ring (bicyclic) bond motifs is 2. The molecule has 4 aromatic rings. The standard InChI is InChI=1S/C28H38N8O3/c1-4-35(12-21-24(37)25(38)28(39-21)36-14-32-23-26(29)30-13-31-27(23)36)18-9-16(10-18)5-8-22-33-19-7-6-17(15(2)3)11-20(19)34-22/h6-7,11,13-16,18,21,24-25,28,37-38H,4-5,8-10,12H2,1-3H3,(H,33,34)(H2,29,30,31). The van der Waals surface area contributed by atoms with Gasteiger partial charge >= 0.3 is 0 Å². The van der Waals surface area contributed by atoms with Crippen LogP contribution in [0.5, 0.6) is 0 Å². The molecule has 208 valence electrons. The number of aliphatic hydroxyl groups excluding tert-OH is 2. The molecule has 0 radical (unpaired) electrons. The molecule has 11 nitrogen and oxygen atoms in total. The first-order valence-corrected chi connectivity index (χ1v) is 14.0. The zero-order valence-corrected chi connectivity index (χ0v) is 22.7. The van der Waals surface area contributed by atoms with Gasteiger partial charge in [0.2, 0.25) is 0 Å². The van der Waals surface area contributed by atoms with Gasteiger partial charge in [0, 0.05) is 19.0 Å². The van der Waals surface area contributed by atoms with Crippen molar-refractivity contribution < 1.29 is 14.9 Å². The summed E-state index contributed by atoms with van der Waals surface area (Å²) in [6.45, 7) is 7.95. The van der Waals surface area contributed by atoms with Crippen molar-refractivity contribution in [2.75, 3.05) is 18.8 Å². The maximum Gasteiger partial charge on any atom is 0.167 e. The summed E-state index contributed by atoms with van der Waals surface area (Å²) in [7, 11) is 0. The molecule has 1 aliphatic carbocycles. The van der Waals surface area contributed by atoms with Gasteiger partial charge in [-0.25, -0.2) is 19.9 Å². The molecule has 3 aromatic heterocycles. The fourth-order valence-corrected chi connectivity index (χ4v) is 6.07. The second-order valence-electron chi connectivity index (χ2n) is 11.4. The molecule has 2 fully saturated rings. The molecular weight excluding hydrogens is 496 g/mol. The number of nitrogens with zero attached hydrogens (tertiary/aromatic N) is 6. The van der Waals surface area contributed by atoms with Crippen LogP contribution in [-0.2, 0) is 11.2 Å². The van der Waals surface area contributed by atoms with Gasteiger partial charge in [-0.1, -0.05) is 26.8 Å². The number of rotatable bonds is 9. The number of nitrogens with one attached hydrogen (secondary N) is 1. The highest BCUT2D eigenvalue weighted by Crippen LogP contribution is 2.37. The Balaban J connectivity index is 1.03. The molecule has 4 atom stereocenters. The summed E-state index contributed by atoms with van der Waals surface area (Å²) >= 11 is 0. The van der Waals surface area contributed by atoms with Gasteiger partial charge in [-0.05, 0) is 55.3 Å². The first-order valence-electron chi connectivity index (χ1n) is 14.0. The Labute approximate surface area is 227 Å². The molecule has 1 aliphatic heterocycles. The number of aliphatic hydroxyl groups is 2. The van der Waals surface area contributed by atoms with Gasteiger partial charge < -0.3 is 25.7 Å². The highest BCUT2D eigenvalue weighted by Gasteiger charge is 2.46. The zero-order chi connectivity index (χ0) is 27.3. The predicted octanol–water partition coefficient (Wildman–Crippen LogP) is 2.76. The van der Waals surface area contributed by atoms with Crippen LogP contribution in [0.1, 0.15) is 63.6 Å². The molecule has 1 saturated heterocycles. The van der Waals surface area contributed by atoms with Gasteiger partial charge in [-0.3, -0.25) is 9.47 Å². The number of aromatic nitrogens is 6. The van der Waals surface area contributed by atoms with Crippen molar-refractivity contribution in [3.8, 4) is 0 Å². The molecule has 5 N–H and O–H groups in total. The number of imidazole rings is 2. The van der Waals surface area contributed by atoms with E-state index in [9.17, 15) is 10.2 Å². The van der Waals surface area contributed by atoms with Crippen molar-refractivity contribution in [1.29, 1.82) is 0 Å². The van der Waals surface area contributed by atoms with Crippen molar-refractivity contribution in [2.24, 2.45) is 5.92 Å². The lowest BCUT2D eigenvalue weighted by molar-refractivity contribution is -0.0550. The second kappa shape index (κ2) is 10.5. The van der Waals surface area contributed by atoms with Crippen LogP contribution in [0.4, 0.5) is 5.82 Å². The van der Waals surface area contributed by atoms with E-state index in [2.05, 4.69) is 63.8 Å². The molecule has 39 heavy (non-hydrogen) atoms. The van der Waals surface area contributed by atoms with Crippen molar-refractivity contribution in [3.63, 3.8) is 0 Å². The Morgan fingerprint density at radius 2 is 2.00 bits per heavy atom. The molecule has 2 aliphatic rings.